The minimum atomic E-state index is 0.212. The predicted molar refractivity (Wildman–Crippen MR) is 123 cm³/mol. The zero-order valence-electron chi connectivity index (χ0n) is 17.8. The molecule has 1 N–H and O–H groups in total. The number of benzene rings is 1. The molecule has 2 fully saturated rings. The van der Waals surface area contributed by atoms with Gasteiger partial charge in [-0.3, -0.25) is 19.8 Å². The Bertz CT molecular complexity index is 964. The van der Waals surface area contributed by atoms with E-state index in [4.69, 9.17) is 0 Å². The third-order valence-electron chi connectivity index (χ3n) is 6.86. The Hall–Kier alpha value is -2.60. The van der Waals surface area contributed by atoms with Crippen LogP contribution in [0.25, 0.3) is 11.1 Å². The van der Waals surface area contributed by atoms with E-state index in [1.54, 1.807) is 6.20 Å². The van der Waals surface area contributed by atoms with Crippen molar-refractivity contribution >= 4 is 0 Å². The van der Waals surface area contributed by atoms with Crippen LogP contribution in [-0.2, 0) is 6.54 Å². The molecule has 2 aliphatic heterocycles. The molecule has 0 radical (unpaired) electrons. The number of aliphatic hydroxyl groups is 1. The van der Waals surface area contributed by atoms with Crippen molar-refractivity contribution < 1.29 is 5.11 Å². The molecule has 5 rings (SSSR count). The van der Waals surface area contributed by atoms with Crippen LogP contribution in [0.1, 0.15) is 30.0 Å². The summed E-state index contributed by atoms with van der Waals surface area (Å²) in [5.41, 5.74) is 4.77. The normalized spacial score (nSPS) is 24.6. The van der Waals surface area contributed by atoms with Crippen LogP contribution >= 0.6 is 0 Å². The van der Waals surface area contributed by atoms with E-state index in [2.05, 4.69) is 62.2 Å². The lowest BCUT2D eigenvalue weighted by molar-refractivity contribution is -0.0656. The number of aliphatic hydroxyl groups excluding tert-OH is 1. The Morgan fingerprint density at radius 3 is 2.52 bits per heavy atom. The molecule has 160 valence electrons. The number of nitrogens with zero attached hydrogens (tertiary/aromatic N) is 4. The van der Waals surface area contributed by atoms with Crippen LogP contribution in [0, 0.1) is 0 Å². The molecule has 3 atom stereocenters. The van der Waals surface area contributed by atoms with Crippen LogP contribution in [0.5, 0.6) is 0 Å². The predicted octanol–water partition coefficient (Wildman–Crippen LogP) is 3.57. The molecule has 2 saturated heterocycles. The Balaban J connectivity index is 1.36. The SMILES string of the molecule is OC[C@H]1[C@H](c2ccc(-c3cccnc3)cc2)[C@@H]2CN(Cc3ccccn3)CCCCN12. The minimum Gasteiger partial charge on any atom is -0.395 e. The Morgan fingerprint density at radius 1 is 0.903 bits per heavy atom. The van der Waals surface area contributed by atoms with E-state index in [1.165, 1.54) is 24.0 Å². The quantitative estimate of drug-likeness (QED) is 0.692. The molecule has 2 aromatic heterocycles. The number of aromatic nitrogens is 2. The van der Waals surface area contributed by atoms with Gasteiger partial charge in [-0.1, -0.05) is 36.4 Å². The van der Waals surface area contributed by atoms with Crippen molar-refractivity contribution in [3.05, 3.63) is 84.4 Å². The Kier molecular flexibility index (Phi) is 6.07. The molecular weight excluding hydrogens is 384 g/mol. The molecule has 3 aromatic rings. The molecule has 0 amide bonds. The van der Waals surface area contributed by atoms with Crippen molar-refractivity contribution in [2.24, 2.45) is 0 Å². The summed E-state index contributed by atoms with van der Waals surface area (Å²) in [5.74, 6) is 0.359. The fraction of sp³-hybridized carbons (Fsp3) is 0.385. The van der Waals surface area contributed by atoms with Crippen LogP contribution in [0.15, 0.2) is 73.2 Å². The average molecular weight is 415 g/mol. The number of fused-ring (bicyclic) bond motifs is 1. The summed E-state index contributed by atoms with van der Waals surface area (Å²) < 4.78 is 0. The summed E-state index contributed by atoms with van der Waals surface area (Å²) in [4.78, 5) is 13.8. The van der Waals surface area contributed by atoms with Gasteiger partial charge in [0.05, 0.1) is 12.3 Å². The van der Waals surface area contributed by atoms with Gasteiger partial charge in [0.2, 0.25) is 0 Å². The first-order chi connectivity index (χ1) is 15.3. The number of rotatable bonds is 5. The molecule has 0 saturated carbocycles. The van der Waals surface area contributed by atoms with Crippen molar-refractivity contribution in [3.63, 3.8) is 0 Å². The molecule has 5 heteroatoms. The van der Waals surface area contributed by atoms with E-state index in [0.29, 0.717) is 12.0 Å². The van der Waals surface area contributed by atoms with Gasteiger partial charge in [0.15, 0.2) is 0 Å². The molecule has 0 bridgehead atoms. The smallest absolute Gasteiger partial charge is 0.0593 e. The van der Waals surface area contributed by atoms with E-state index in [0.717, 1.165) is 37.4 Å². The highest BCUT2D eigenvalue weighted by molar-refractivity contribution is 5.62. The summed E-state index contributed by atoms with van der Waals surface area (Å²) in [5, 5.41) is 10.2. The molecule has 0 spiro atoms. The van der Waals surface area contributed by atoms with Gasteiger partial charge < -0.3 is 5.11 Å². The van der Waals surface area contributed by atoms with Crippen molar-refractivity contribution in [2.45, 2.75) is 37.4 Å². The van der Waals surface area contributed by atoms with E-state index in [9.17, 15) is 5.11 Å². The lowest BCUT2D eigenvalue weighted by Gasteiger charge is -2.57. The van der Waals surface area contributed by atoms with Crippen molar-refractivity contribution in [1.82, 2.24) is 19.8 Å². The van der Waals surface area contributed by atoms with Gasteiger partial charge in [-0.2, -0.15) is 0 Å². The highest BCUT2D eigenvalue weighted by atomic mass is 16.3. The van der Waals surface area contributed by atoms with Crippen LogP contribution in [0.4, 0.5) is 0 Å². The molecule has 5 nitrogen and oxygen atoms in total. The summed E-state index contributed by atoms with van der Waals surface area (Å²) in [6, 6.07) is 19.7. The zero-order chi connectivity index (χ0) is 21.0. The summed E-state index contributed by atoms with van der Waals surface area (Å²) >= 11 is 0. The standard InChI is InChI=1S/C26H30N4O/c31-19-25-26(21-10-8-20(9-11-21)22-6-5-12-27-16-22)24-18-29(14-3-4-15-30(24)25)17-23-7-1-2-13-28-23/h1-2,5-13,16,24-26,31H,3-4,14-15,17-19H2/t24-,25-,26+/m0/s1. The lowest BCUT2D eigenvalue weighted by Crippen LogP contribution is -2.67. The average Bonchev–Trinajstić information content (AvgIpc) is 2.81. The van der Waals surface area contributed by atoms with E-state index >= 15 is 0 Å². The largest absolute Gasteiger partial charge is 0.395 e. The third-order valence-corrected chi connectivity index (χ3v) is 6.86. The summed E-state index contributed by atoms with van der Waals surface area (Å²) in [6.45, 7) is 4.31. The van der Waals surface area contributed by atoms with E-state index < -0.39 is 0 Å². The number of pyridine rings is 2. The van der Waals surface area contributed by atoms with Gasteiger partial charge >= 0.3 is 0 Å². The van der Waals surface area contributed by atoms with Gasteiger partial charge in [-0.05, 0) is 60.8 Å². The second-order valence-corrected chi connectivity index (χ2v) is 8.71. The van der Waals surface area contributed by atoms with Crippen LogP contribution in [0.3, 0.4) is 0 Å². The van der Waals surface area contributed by atoms with E-state index in [-0.39, 0.29) is 12.6 Å². The Labute approximate surface area is 184 Å². The van der Waals surface area contributed by atoms with Gasteiger partial charge in [0.1, 0.15) is 0 Å². The second-order valence-electron chi connectivity index (χ2n) is 8.71. The third kappa shape index (κ3) is 4.26. The van der Waals surface area contributed by atoms with Gasteiger partial charge in [0.25, 0.3) is 0 Å². The maximum atomic E-state index is 10.2. The molecular formula is C26H30N4O. The van der Waals surface area contributed by atoms with Crippen LogP contribution in [-0.4, -0.2) is 63.2 Å². The first-order valence-electron chi connectivity index (χ1n) is 11.3. The lowest BCUT2D eigenvalue weighted by atomic mass is 9.74. The molecule has 0 aliphatic carbocycles. The van der Waals surface area contributed by atoms with Crippen molar-refractivity contribution in [1.29, 1.82) is 0 Å². The van der Waals surface area contributed by atoms with Gasteiger partial charge in [-0.15, -0.1) is 0 Å². The highest BCUT2D eigenvalue weighted by Gasteiger charge is 2.49. The van der Waals surface area contributed by atoms with Crippen molar-refractivity contribution in [2.75, 3.05) is 26.2 Å². The highest BCUT2D eigenvalue weighted by Crippen LogP contribution is 2.42. The van der Waals surface area contributed by atoms with E-state index in [1.807, 2.05) is 24.5 Å². The summed E-state index contributed by atoms with van der Waals surface area (Å²) in [7, 11) is 0. The van der Waals surface area contributed by atoms with Crippen LogP contribution in [0.2, 0.25) is 0 Å². The topological polar surface area (TPSA) is 52.5 Å². The maximum Gasteiger partial charge on any atom is 0.0593 e. The fourth-order valence-electron chi connectivity index (χ4n) is 5.31. The number of hydrogen-bond acceptors (Lipinski definition) is 5. The minimum absolute atomic E-state index is 0.212. The monoisotopic (exact) mass is 414 g/mol. The van der Waals surface area contributed by atoms with Gasteiger partial charge in [-0.25, -0.2) is 0 Å². The zero-order valence-corrected chi connectivity index (χ0v) is 17.8. The number of hydrogen-bond donors (Lipinski definition) is 1. The second kappa shape index (κ2) is 9.27. The first kappa shape index (κ1) is 20.3. The van der Waals surface area contributed by atoms with Crippen LogP contribution < -0.4 is 0 Å². The molecule has 4 heterocycles. The molecule has 2 aliphatic rings. The molecule has 0 unspecified atom stereocenters. The van der Waals surface area contributed by atoms with Gasteiger partial charge in [0, 0.05) is 49.7 Å². The maximum absolute atomic E-state index is 10.2. The molecule has 1 aromatic carbocycles. The Morgan fingerprint density at radius 2 is 1.77 bits per heavy atom. The fourth-order valence-corrected chi connectivity index (χ4v) is 5.31. The molecule has 31 heavy (non-hydrogen) atoms. The first-order valence-corrected chi connectivity index (χ1v) is 11.3. The van der Waals surface area contributed by atoms with Crippen molar-refractivity contribution in [3.8, 4) is 11.1 Å². The summed E-state index contributed by atoms with van der Waals surface area (Å²) in [6.07, 6.45) is 7.96.